The fourth-order valence-corrected chi connectivity index (χ4v) is 1.86. The Morgan fingerprint density at radius 3 is 2.44 bits per heavy atom. The summed E-state index contributed by atoms with van der Waals surface area (Å²) in [6, 6.07) is 0. The fraction of sp³-hybridized carbons (Fsp3) is 0.308. The van der Waals surface area contributed by atoms with Gasteiger partial charge in [0.1, 0.15) is 11.5 Å². The van der Waals surface area contributed by atoms with Crippen molar-refractivity contribution in [1.82, 2.24) is 9.97 Å². The lowest BCUT2D eigenvalue weighted by molar-refractivity contribution is 0.101. The minimum Gasteiger partial charge on any atom is -0.440 e. The van der Waals surface area contributed by atoms with Crippen LogP contribution in [0.25, 0.3) is 11.6 Å². The molecule has 1 N–H and O–H groups in total. The van der Waals surface area contributed by atoms with Crippen LogP contribution < -0.4 is 0 Å². The smallest absolute Gasteiger partial charge is 0.244 e. The average Bonchev–Trinajstić information content (AvgIpc) is 2.80. The van der Waals surface area contributed by atoms with Crippen LogP contribution in [0.1, 0.15) is 44.8 Å². The van der Waals surface area contributed by atoms with E-state index in [1.165, 1.54) is 6.92 Å². The van der Waals surface area contributed by atoms with E-state index < -0.39 is 0 Å². The number of nitrogens with one attached hydrogen (secondary N) is 1. The molecule has 0 fully saturated rings. The number of carbonyl (C=O) groups is 2. The number of Topliss-reactive ketones (excluding diaryl/α,β-unsaturated/α-hetero) is 1. The molecule has 2 aromatic rings. The number of carbonyl (C=O) groups excluding carboxylic acids is 2. The van der Waals surface area contributed by atoms with Crippen LogP contribution in [0, 0.1) is 20.8 Å². The number of rotatable bonds is 3. The van der Waals surface area contributed by atoms with E-state index in [0.717, 1.165) is 5.69 Å². The zero-order valence-electron chi connectivity index (χ0n) is 10.7. The maximum atomic E-state index is 11.5. The van der Waals surface area contributed by atoms with Crippen LogP contribution in [0.3, 0.4) is 0 Å². The van der Waals surface area contributed by atoms with E-state index in [9.17, 15) is 9.59 Å². The van der Waals surface area contributed by atoms with E-state index in [1.807, 2.05) is 6.92 Å². The second kappa shape index (κ2) is 4.25. The number of oxazole rings is 1. The molecule has 0 bridgehead atoms. The molecule has 0 aliphatic carbocycles. The second-order valence-electron chi connectivity index (χ2n) is 4.25. The Morgan fingerprint density at radius 2 is 2.00 bits per heavy atom. The summed E-state index contributed by atoms with van der Waals surface area (Å²) in [5.41, 5.74) is 2.69. The molecular weight excluding hydrogens is 232 g/mol. The molecule has 0 saturated heterocycles. The van der Waals surface area contributed by atoms with Gasteiger partial charge in [0.25, 0.3) is 0 Å². The van der Waals surface area contributed by atoms with Gasteiger partial charge in [-0.05, 0) is 26.3 Å². The maximum absolute atomic E-state index is 11.5. The van der Waals surface area contributed by atoms with E-state index in [1.54, 1.807) is 13.8 Å². The molecule has 0 amide bonds. The van der Waals surface area contributed by atoms with Gasteiger partial charge in [-0.2, -0.15) is 0 Å². The van der Waals surface area contributed by atoms with Crippen molar-refractivity contribution < 1.29 is 14.0 Å². The van der Waals surface area contributed by atoms with Gasteiger partial charge in [-0.25, -0.2) is 4.98 Å². The first-order valence-corrected chi connectivity index (χ1v) is 5.58. The van der Waals surface area contributed by atoms with E-state index in [-0.39, 0.29) is 5.78 Å². The Bertz CT molecular complexity index is 615. The summed E-state index contributed by atoms with van der Waals surface area (Å²) in [7, 11) is 0. The third-order valence-electron chi connectivity index (χ3n) is 3.01. The lowest BCUT2D eigenvalue weighted by atomic mass is 10.1. The Balaban J connectivity index is 2.67. The van der Waals surface area contributed by atoms with Gasteiger partial charge >= 0.3 is 0 Å². The number of ketones is 1. The minimum atomic E-state index is -0.123. The van der Waals surface area contributed by atoms with Crippen LogP contribution in [0.15, 0.2) is 4.42 Å². The predicted octanol–water partition coefficient (Wildman–Crippen LogP) is 2.61. The molecule has 5 nitrogen and oxygen atoms in total. The monoisotopic (exact) mass is 246 g/mol. The molecule has 2 aromatic heterocycles. The molecule has 0 aromatic carbocycles. The van der Waals surface area contributed by atoms with Gasteiger partial charge in [-0.3, -0.25) is 9.59 Å². The first-order chi connectivity index (χ1) is 8.45. The number of aryl methyl sites for hydroxylation is 2. The average molecular weight is 246 g/mol. The van der Waals surface area contributed by atoms with Gasteiger partial charge in [0.15, 0.2) is 12.1 Å². The van der Waals surface area contributed by atoms with Crippen LogP contribution >= 0.6 is 0 Å². The molecule has 2 rings (SSSR count). The Hall–Kier alpha value is -2.17. The van der Waals surface area contributed by atoms with E-state index >= 15 is 0 Å². The molecule has 94 valence electrons. The van der Waals surface area contributed by atoms with Crippen LogP contribution in [-0.4, -0.2) is 22.0 Å². The van der Waals surface area contributed by atoms with Crippen LogP contribution in [0.5, 0.6) is 0 Å². The van der Waals surface area contributed by atoms with Gasteiger partial charge in [0.05, 0.1) is 11.4 Å². The molecule has 0 saturated carbocycles. The number of hydrogen-bond acceptors (Lipinski definition) is 4. The molecule has 0 radical (unpaired) electrons. The first kappa shape index (κ1) is 12.3. The SMILES string of the molecule is CC(=O)c1[nH]c(-c2nc(C)c(C)o2)c(C=O)c1C. The van der Waals surface area contributed by atoms with Crippen molar-refractivity contribution in [3.63, 3.8) is 0 Å². The molecule has 2 heterocycles. The highest BCUT2D eigenvalue weighted by atomic mass is 16.4. The van der Waals surface area contributed by atoms with Gasteiger partial charge in [-0.15, -0.1) is 0 Å². The van der Waals surface area contributed by atoms with Crippen molar-refractivity contribution in [3.05, 3.63) is 28.3 Å². The molecule has 0 atom stereocenters. The zero-order chi connectivity index (χ0) is 13.4. The van der Waals surface area contributed by atoms with Gasteiger partial charge in [-0.1, -0.05) is 0 Å². The Morgan fingerprint density at radius 1 is 1.33 bits per heavy atom. The number of H-pyrrole nitrogens is 1. The van der Waals surface area contributed by atoms with Crippen LogP contribution in [-0.2, 0) is 0 Å². The summed E-state index contributed by atoms with van der Waals surface area (Å²) < 4.78 is 5.48. The van der Waals surface area contributed by atoms with E-state index in [2.05, 4.69) is 9.97 Å². The normalized spacial score (nSPS) is 10.7. The molecule has 0 spiro atoms. The number of nitrogens with zero attached hydrogens (tertiary/aromatic N) is 1. The number of aldehydes is 1. The minimum absolute atomic E-state index is 0.123. The Labute approximate surface area is 104 Å². The van der Waals surface area contributed by atoms with Crippen molar-refractivity contribution in [3.8, 4) is 11.6 Å². The standard InChI is InChI=1S/C13H14N2O3/c1-6-10(5-16)12(15-11(6)8(3)17)13-14-7(2)9(4)18-13/h5,15H,1-4H3. The third-order valence-corrected chi connectivity index (χ3v) is 3.01. The summed E-state index contributed by atoms with van der Waals surface area (Å²) in [6.45, 7) is 6.80. The van der Waals surface area contributed by atoms with E-state index in [4.69, 9.17) is 4.42 Å². The Kier molecular flexibility index (Phi) is 2.90. The van der Waals surface area contributed by atoms with Gasteiger partial charge in [0.2, 0.25) is 5.89 Å². The van der Waals surface area contributed by atoms with E-state index in [0.29, 0.717) is 40.5 Å². The molecule has 0 unspecified atom stereocenters. The zero-order valence-corrected chi connectivity index (χ0v) is 10.7. The highest BCUT2D eigenvalue weighted by Gasteiger charge is 2.21. The quantitative estimate of drug-likeness (QED) is 0.667. The lowest BCUT2D eigenvalue weighted by Crippen LogP contribution is -1.94. The molecular formula is C13H14N2O3. The van der Waals surface area contributed by atoms with Crippen molar-refractivity contribution in [2.24, 2.45) is 0 Å². The molecule has 0 aliphatic heterocycles. The summed E-state index contributed by atoms with van der Waals surface area (Å²) >= 11 is 0. The maximum Gasteiger partial charge on any atom is 0.244 e. The van der Waals surface area contributed by atoms with Crippen LogP contribution in [0.2, 0.25) is 0 Å². The lowest BCUT2D eigenvalue weighted by Gasteiger charge is -1.92. The van der Waals surface area contributed by atoms with Crippen molar-refractivity contribution in [2.45, 2.75) is 27.7 Å². The highest BCUT2D eigenvalue weighted by Crippen LogP contribution is 2.27. The summed E-state index contributed by atoms with van der Waals surface area (Å²) in [6.07, 6.45) is 0.711. The predicted molar refractivity (Wildman–Crippen MR) is 65.9 cm³/mol. The number of aromatic amines is 1. The molecule has 5 heteroatoms. The second-order valence-corrected chi connectivity index (χ2v) is 4.25. The van der Waals surface area contributed by atoms with Gasteiger partial charge < -0.3 is 9.40 Å². The number of hydrogen-bond donors (Lipinski definition) is 1. The third kappa shape index (κ3) is 1.77. The highest BCUT2D eigenvalue weighted by molar-refractivity contribution is 5.99. The summed E-state index contributed by atoms with van der Waals surface area (Å²) in [5.74, 6) is 0.906. The number of aromatic nitrogens is 2. The van der Waals surface area contributed by atoms with Crippen LogP contribution in [0.4, 0.5) is 0 Å². The van der Waals surface area contributed by atoms with Crippen molar-refractivity contribution in [2.75, 3.05) is 0 Å². The van der Waals surface area contributed by atoms with Crippen molar-refractivity contribution in [1.29, 1.82) is 0 Å². The molecule has 0 aliphatic rings. The van der Waals surface area contributed by atoms with Gasteiger partial charge in [0, 0.05) is 12.5 Å². The first-order valence-electron chi connectivity index (χ1n) is 5.58. The summed E-state index contributed by atoms with van der Waals surface area (Å²) in [5, 5.41) is 0. The fourth-order valence-electron chi connectivity index (χ4n) is 1.86. The summed E-state index contributed by atoms with van der Waals surface area (Å²) in [4.78, 5) is 29.8. The molecule has 18 heavy (non-hydrogen) atoms. The van der Waals surface area contributed by atoms with Crippen molar-refractivity contribution >= 4 is 12.1 Å². The topological polar surface area (TPSA) is 76.0 Å². The largest absolute Gasteiger partial charge is 0.440 e.